The normalized spacial score (nSPS) is 11.6. The Bertz CT molecular complexity index is 920. The van der Waals surface area contributed by atoms with Crippen LogP contribution in [0, 0.1) is 6.92 Å². The lowest BCUT2D eigenvalue weighted by Crippen LogP contribution is -2.31. The quantitative estimate of drug-likeness (QED) is 0.683. The van der Waals surface area contributed by atoms with Crippen LogP contribution < -0.4 is 5.32 Å². The molecule has 3 rings (SSSR count). The SMILES string of the molecule is Cc1c(C(=O)OCC(=O)NC(C)c2ccccc2)cnn1-c1ccccc1. The van der Waals surface area contributed by atoms with E-state index in [1.807, 2.05) is 67.6 Å². The zero-order valence-electron chi connectivity index (χ0n) is 15.3. The number of hydrogen-bond donors (Lipinski definition) is 1. The molecule has 138 valence electrons. The Hall–Kier alpha value is -3.41. The zero-order chi connectivity index (χ0) is 19.2. The van der Waals surface area contributed by atoms with Crippen molar-refractivity contribution in [3.8, 4) is 5.69 Å². The largest absolute Gasteiger partial charge is 0.452 e. The molecule has 0 radical (unpaired) electrons. The van der Waals surface area contributed by atoms with Crippen LogP contribution in [0.15, 0.2) is 66.9 Å². The molecule has 1 N–H and O–H groups in total. The lowest BCUT2D eigenvalue weighted by Gasteiger charge is -2.14. The first-order valence-electron chi connectivity index (χ1n) is 8.67. The van der Waals surface area contributed by atoms with Crippen molar-refractivity contribution in [1.82, 2.24) is 15.1 Å². The van der Waals surface area contributed by atoms with Gasteiger partial charge in [0.1, 0.15) is 5.56 Å². The van der Waals surface area contributed by atoms with E-state index >= 15 is 0 Å². The molecular weight excluding hydrogens is 342 g/mol. The number of carbonyl (C=O) groups is 2. The minimum absolute atomic E-state index is 0.167. The molecule has 2 aromatic carbocycles. The number of nitrogens with zero attached hydrogens (tertiary/aromatic N) is 2. The van der Waals surface area contributed by atoms with E-state index in [-0.39, 0.29) is 18.6 Å². The number of rotatable bonds is 6. The summed E-state index contributed by atoms with van der Waals surface area (Å²) in [5.74, 6) is -0.926. The van der Waals surface area contributed by atoms with Crippen molar-refractivity contribution in [3.05, 3.63) is 83.7 Å². The second kappa shape index (κ2) is 8.31. The van der Waals surface area contributed by atoms with E-state index in [1.165, 1.54) is 6.20 Å². The first-order valence-corrected chi connectivity index (χ1v) is 8.67. The highest BCUT2D eigenvalue weighted by Gasteiger charge is 2.18. The second-order valence-corrected chi connectivity index (χ2v) is 6.17. The Kier molecular flexibility index (Phi) is 5.66. The summed E-state index contributed by atoms with van der Waals surface area (Å²) in [4.78, 5) is 24.4. The van der Waals surface area contributed by atoms with Crippen LogP contribution in [0.4, 0.5) is 0 Å². The van der Waals surface area contributed by atoms with Crippen molar-refractivity contribution >= 4 is 11.9 Å². The summed E-state index contributed by atoms with van der Waals surface area (Å²) >= 11 is 0. The second-order valence-electron chi connectivity index (χ2n) is 6.17. The van der Waals surface area contributed by atoms with Crippen LogP contribution in [0.5, 0.6) is 0 Å². The van der Waals surface area contributed by atoms with Gasteiger partial charge in [0.25, 0.3) is 5.91 Å². The van der Waals surface area contributed by atoms with E-state index in [2.05, 4.69) is 10.4 Å². The third kappa shape index (κ3) is 4.41. The van der Waals surface area contributed by atoms with Crippen molar-refractivity contribution in [2.75, 3.05) is 6.61 Å². The molecule has 1 atom stereocenters. The Morgan fingerprint density at radius 2 is 1.70 bits per heavy atom. The van der Waals surface area contributed by atoms with Gasteiger partial charge in [-0.3, -0.25) is 4.79 Å². The fraction of sp³-hybridized carbons (Fsp3) is 0.190. The maximum Gasteiger partial charge on any atom is 0.342 e. The summed E-state index contributed by atoms with van der Waals surface area (Å²) in [6.45, 7) is 3.32. The zero-order valence-corrected chi connectivity index (χ0v) is 15.3. The molecule has 27 heavy (non-hydrogen) atoms. The van der Waals surface area contributed by atoms with Gasteiger partial charge in [0.2, 0.25) is 0 Å². The fourth-order valence-electron chi connectivity index (χ4n) is 2.76. The lowest BCUT2D eigenvalue weighted by atomic mass is 10.1. The highest BCUT2D eigenvalue weighted by atomic mass is 16.5. The standard InChI is InChI=1S/C21H21N3O3/c1-15(17-9-5-3-6-10-17)23-20(25)14-27-21(26)19-13-22-24(16(19)2)18-11-7-4-8-12-18/h3-13,15H,14H2,1-2H3,(H,23,25). The molecule has 1 unspecified atom stereocenters. The van der Waals surface area contributed by atoms with Crippen LogP contribution in [-0.2, 0) is 9.53 Å². The molecule has 1 heterocycles. The monoisotopic (exact) mass is 363 g/mol. The maximum absolute atomic E-state index is 12.3. The van der Waals surface area contributed by atoms with Gasteiger partial charge in [-0.2, -0.15) is 5.10 Å². The minimum atomic E-state index is -0.572. The smallest absolute Gasteiger partial charge is 0.342 e. The summed E-state index contributed by atoms with van der Waals surface area (Å²) in [5.41, 5.74) is 2.83. The van der Waals surface area contributed by atoms with Crippen LogP contribution in [0.2, 0.25) is 0 Å². The van der Waals surface area contributed by atoms with E-state index in [9.17, 15) is 9.59 Å². The summed E-state index contributed by atoms with van der Waals surface area (Å²) in [6, 6.07) is 18.9. The first-order chi connectivity index (χ1) is 13.1. The molecule has 3 aromatic rings. The minimum Gasteiger partial charge on any atom is -0.452 e. The predicted octanol–water partition coefficient (Wildman–Crippen LogP) is 3.21. The van der Waals surface area contributed by atoms with Crippen molar-refractivity contribution in [2.45, 2.75) is 19.9 Å². The van der Waals surface area contributed by atoms with E-state index in [0.29, 0.717) is 11.3 Å². The summed E-state index contributed by atoms with van der Waals surface area (Å²) < 4.78 is 6.81. The molecular formula is C21H21N3O3. The lowest BCUT2D eigenvalue weighted by molar-refractivity contribution is -0.124. The fourth-order valence-corrected chi connectivity index (χ4v) is 2.76. The number of ether oxygens (including phenoxy) is 1. The topological polar surface area (TPSA) is 73.2 Å². The Labute approximate surface area is 157 Å². The van der Waals surface area contributed by atoms with Gasteiger partial charge in [0.15, 0.2) is 6.61 Å². The number of aromatic nitrogens is 2. The van der Waals surface area contributed by atoms with Crippen LogP contribution in [-0.4, -0.2) is 28.3 Å². The van der Waals surface area contributed by atoms with Gasteiger partial charge < -0.3 is 10.1 Å². The maximum atomic E-state index is 12.3. The van der Waals surface area contributed by atoms with Crippen LogP contribution in [0.25, 0.3) is 5.69 Å². The molecule has 0 fully saturated rings. The highest BCUT2D eigenvalue weighted by Crippen LogP contribution is 2.15. The summed E-state index contributed by atoms with van der Waals surface area (Å²) in [6.07, 6.45) is 1.45. The molecule has 1 amide bonds. The van der Waals surface area contributed by atoms with E-state index < -0.39 is 5.97 Å². The van der Waals surface area contributed by atoms with Crippen molar-refractivity contribution in [1.29, 1.82) is 0 Å². The van der Waals surface area contributed by atoms with Gasteiger partial charge in [-0.25, -0.2) is 9.48 Å². The molecule has 1 aromatic heterocycles. The summed E-state index contributed by atoms with van der Waals surface area (Å²) in [5, 5.41) is 7.05. The van der Waals surface area contributed by atoms with Crippen molar-refractivity contribution in [3.63, 3.8) is 0 Å². The molecule has 0 aliphatic rings. The van der Waals surface area contributed by atoms with Gasteiger partial charge in [0.05, 0.1) is 23.6 Å². The average Bonchev–Trinajstić information content (AvgIpc) is 3.09. The van der Waals surface area contributed by atoms with Gasteiger partial charge in [-0.05, 0) is 31.5 Å². The number of nitrogens with one attached hydrogen (secondary N) is 1. The first kappa shape index (κ1) is 18.4. The molecule has 0 bridgehead atoms. The molecule has 0 aliphatic heterocycles. The highest BCUT2D eigenvalue weighted by molar-refractivity contribution is 5.92. The van der Waals surface area contributed by atoms with Crippen LogP contribution in [0.1, 0.15) is 34.6 Å². The Morgan fingerprint density at radius 1 is 1.07 bits per heavy atom. The van der Waals surface area contributed by atoms with Crippen LogP contribution in [0.3, 0.4) is 0 Å². The number of esters is 1. The number of para-hydroxylation sites is 1. The third-order valence-electron chi connectivity index (χ3n) is 4.24. The Morgan fingerprint density at radius 3 is 2.37 bits per heavy atom. The number of amides is 1. The van der Waals surface area contributed by atoms with Gasteiger partial charge in [-0.15, -0.1) is 0 Å². The molecule has 6 heteroatoms. The van der Waals surface area contributed by atoms with Crippen LogP contribution >= 0.6 is 0 Å². The van der Waals surface area contributed by atoms with E-state index in [4.69, 9.17) is 4.74 Å². The number of carbonyl (C=O) groups excluding carboxylic acids is 2. The number of benzene rings is 2. The van der Waals surface area contributed by atoms with Crippen molar-refractivity contribution < 1.29 is 14.3 Å². The molecule has 0 saturated heterocycles. The van der Waals surface area contributed by atoms with Crippen molar-refractivity contribution in [2.24, 2.45) is 0 Å². The average molecular weight is 363 g/mol. The molecule has 0 aliphatic carbocycles. The Balaban J connectivity index is 1.58. The van der Waals surface area contributed by atoms with E-state index in [1.54, 1.807) is 11.6 Å². The molecule has 0 saturated carbocycles. The van der Waals surface area contributed by atoms with Gasteiger partial charge in [0, 0.05) is 0 Å². The van der Waals surface area contributed by atoms with Gasteiger partial charge >= 0.3 is 5.97 Å². The molecule has 6 nitrogen and oxygen atoms in total. The van der Waals surface area contributed by atoms with Gasteiger partial charge in [-0.1, -0.05) is 48.5 Å². The van der Waals surface area contributed by atoms with E-state index in [0.717, 1.165) is 11.3 Å². The number of hydrogen-bond acceptors (Lipinski definition) is 4. The molecule has 0 spiro atoms. The third-order valence-corrected chi connectivity index (χ3v) is 4.24. The summed E-state index contributed by atoms with van der Waals surface area (Å²) in [7, 11) is 0. The predicted molar refractivity (Wildman–Crippen MR) is 102 cm³/mol.